The van der Waals surface area contributed by atoms with Crippen molar-refractivity contribution in [3.63, 3.8) is 0 Å². The first kappa shape index (κ1) is 23.0. The zero-order valence-corrected chi connectivity index (χ0v) is 20.6. The molecule has 0 spiro atoms. The average Bonchev–Trinajstić information content (AvgIpc) is 3.54. The van der Waals surface area contributed by atoms with Crippen LogP contribution in [0.4, 0.5) is 11.4 Å². The van der Waals surface area contributed by atoms with E-state index in [1.165, 1.54) is 23.6 Å². The second-order valence-corrected chi connectivity index (χ2v) is 9.31. The van der Waals surface area contributed by atoms with E-state index in [0.717, 1.165) is 22.0 Å². The number of hydrogen-bond acceptors (Lipinski definition) is 7. The summed E-state index contributed by atoms with van der Waals surface area (Å²) in [5.41, 5.74) is 2.47. The molecule has 0 saturated carbocycles. The van der Waals surface area contributed by atoms with Crippen LogP contribution >= 0.6 is 22.9 Å². The van der Waals surface area contributed by atoms with Crippen molar-refractivity contribution in [2.24, 2.45) is 10.1 Å². The van der Waals surface area contributed by atoms with Gasteiger partial charge >= 0.3 is 0 Å². The maximum absolute atomic E-state index is 11.8. The van der Waals surface area contributed by atoms with Crippen LogP contribution in [-0.2, 0) is 0 Å². The van der Waals surface area contributed by atoms with Crippen LogP contribution < -0.4 is 14.3 Å². The number of ether oxygens (including phenoxy) is 2. The first-order valence-corrected chi connectivity index (χ1v) is 12.4. The van der Waals surface area contributed by atoms with Gasteiger partial charge in [-0.3, -0.25) is 10.1 Å². The van der Waals surface area contributed by atoms with Crippen LogP contribution in [0.25, 0.3) is 22.0 Å². The van der Waals surface area contributed by atoms with E-state index in [-0.39, 0.29) is 18.0 Å². The van der Waals surface area contributed by atoms with Crippen LogP contribution in [0.1, 0.15) is 5.56 Å². The summed E-state index contributed by atoms with van der Waals surface area (Å²) >= 11 is 7.77. The quantitative estimate of drug-likeness (QED) is 0.143. The fourth-order valence-electron chi connectivity index (χ4n) is 4.10. The first-order valence-electron chi connectivity index (χ1n) is 11.2. The van der Waals surface area contributed by atoms with Gasteiger partial charge in [-0.15, -0.1) is 11.3 Å². The number of halogens is 1. The van der Waals surface area contributed by atoms with Gasteiger partial charge in [0.15, 0.2) is 11.5 Å². The van der Waals surface area contributed by atoms with Crippen LogP contribution in [0.2, 0.25) is 5.02 Å². The smallest absolute Gasteiger partial charge is 0.282 e. The predicted octanol–water partition coefficient (Wildman–Crippen LogP) is 6.77. The summed E-state index contributed by atoms with van der Waals surface area (Å²) in [7, 11) is 0. The second kappa shape index (κ2) is 9.53. The molecule has 182 valence electrons. The van der Waals surface area contributed by atoms with Crippen molar-refractivity contribution in [1.29, 1.82) is 0 Å². The van der Waals surface area contributed by atoms with Gasteiger partial charge in [0.25, 0.3) is 5.69 Å². The molecule has 37 heavy (non-hydrogen) atoms. The van der Waals surface area contributed by atoms with Crippen LogP contribution in [0, 0.1) is 10.1 Å². The fourth-order valence-corrected chi connectivity index (χ4v) is 5.12. The Hall–Kier alpha value is -4.47. The summed E-state index contributed by atoms with van der Waals surface area (Å²) in [5.74, 6) is 0.760. The number of nitro benzene ring substituents is 1. The molecule has 10 heteroatoms. The third-order valence-corrected chi connectivity index (χ3v) is 6.99. The standard InChI is InChI=1S/C27H17ClN4O4S/c28-21-10-3-4-11-22(21)30-27-31(24(15-37-27)20-9-5-7-17-6-1-2-8-19(17)20)29-14-18-12-25-26(36-16-35-25)13-23(18)32(33)34/h1-15H,16H2. The number of benzene rings is 4. The Labute approximate surface area is 219 Å². The third kappa shape index (κ3) is 4.35. The Morgan fingerprint density at radius 1 is 1.00 bits per heavy atom. The zero-order valence-electron chi connectivity index (χ0n) is 19.1. The predicted molar refractivity (Wildman–Crippen MR) is 144 cm³/mol. The monoisotopic (exact) mass is 528 g/mol. The number of nitrogens with zero attached hydrogens (tertiary/aromatic N) is 4. The lowest BCUT2D eigenvalue weighted by atomic mass is 10.0. The van der Waals surface area contributed by atoms with E-state index in [1.54, 1.807) is 16.8 Å². The Morgan fingerprint density at radius 2 is 1.76 bits per heavy atom. The van der Waals surface area contributed by atoms with E-state index < -0.39 is 4.92 Å². The molecular formula is C27H17ClN4O4S. The van der Waals surface area contributed by atoms with Gasteiger partial charge in [0.2, 0.25) is 11.6 Å². The van der Waals surface area contributed by atoms with Crippen molar-refractivity contribution in [1.82, 2.24) is 4.68 Å². The van der Waals surface area contributed by atoms with E-state index in [4.69, 9.17) is 26.1 Å². The van der Waals surface area contributed by atoms with Crippen molar-refractivity contribution >= 4 is 51.3 Å². The number of fused-ring (bicyclic) bond motifs is 2. The molecule has 0 radical (unpaired) electrons. The van der Waals surface area contributed by atoms with Crippen LogP contribution in [0.3, 0.4) is 0 Å². The molecule has 8 nitrogen and oxygen atoms in total. The van der Waals surface area contributed by atoms with Crippen LogP contribution in [0.5, 0.6) is 11.5 Å². The maximum atomic E-state index is 11.8. The molecule has 1 aliphatic heterocycles. The molecular weight excluding hydrogens is 512 g/mol. The normalized spacial score (nSPS) is 13.1. The van der Waals surface area contributed by atoms with E-state index >= 15 is 0 Å². The third-order valence-electron chi connectivity index (χ3n) is 5.85. The Balaban J connectivity index is 1.56. The Morgan fingerprint density at radius 3 is 2.59 bits per heavy atom. The molecule has 0 fully saturated rings. The molecule has 0 aliphatic carbocycles. The highest BCUT2D eigenvalue weighted by Gasteiger charge is 2.23. The van der Waals surface area contributed by atoms with Gasteiger partial charge < -0.3 is 9.47 Å². The Bertz CT molecular complexity index is 1770. The largest absolute Gasteiger partial charge is 0.454 e. The van der Waals surface area contributed by atoms with E-state index in [2.05, 4.69) is 5.10 Å². The molecule has 0 amide bonds. The van der Waals surface area contributed by atoms with E-state index in [1.807, 2.05) is 66.0 Å². The van der Waals surface area contributed by atoms with Crippen LogP contribution in [0.15, 0.2) is 94.3 Å². The summed E-state index contributed by atoms with van der Waals surface area (Å²) < 4.78 is 12.4. The van der Waals surface area contributed by atoms with Gasteiger partial charge in [-0.25, -0.2) is 9.67 Å². The van der Waals surface area contributed by atoms with Gasteiger partial charge in [-0.2, -0.15) is 5.10 Å². The molecule has 1 aromatic heterocycles. The van der Waals surface area contributed by atoms with Crippen molar-refractivity contribution in [2.45, 2.75) is 0 Å². The number of thiazole rings is 1. The average molecular weight is 529 g/mol. The summed E-state index contributed by atoms with van der Waals surface area (Å²) in [6.07, 6.45) is 1.44. The van der Waals surface area contributed by atoms with E-state index in [0.29, 0.717) is 27.0 Å². The minimum atomic E-state index is -0.470. The van der Waals surface area contributed by atoms with Crippen molar-refractivity contribution in [3.8, 4) is 22.8 Å². The molecule has 0 atom stereocenters. The maximum Gasteiger partial charge on any atom is 0.282 e. The highest BCUT2D eigenvalue weighted by molar-refractivity contribution is 7.07. The molecule has 0 saturated heterocycles. The van der Waals surface area contributed by atoms with Gasteiger partial charge in [0.1, 0.15) is 0 Å². The minimum Gasteiger partial charge on any atom is -0.454 e. The lowest BCUT2D eigenvalue weighted by Crippen LogP contribution is -2.12. The highest BCUT2D eigenvalue weighted by atomic mass is 35.5. The molecule has 4 aromatic carbocycles. The number of rotatable bonds is 5. The summed E-state index contributed by atoms with van der Waals surface area (Å²) in [6, 6.07) is 24.3. The van der Waals surface area contributed by atoms with Gasteiger partial charge in [-0.05, 0) is 29.0 Å². The SMILES string of the molecule is O=[N+]([O-])c1cc2c(cc1C=Nn1c(-c3cccc4ccccc34)csc1=Nc1ccccc1Cl)OCO2. The lowest BCUT2D eigenvalue weighted by molar-refractivity contribution is -0.385. The summed E-state index contributed by atoms with van der Waals surface area (Å²) in [4.78, 5) is 16.6. The Kier molecular flexibility index (Phi) is 5.91. The number of para-hydroxylation sites is 1. The second-order valence-electron chi connectivity index (χ2n) is 8.07. The van der Waals surface area contributed by atoms with Gasteiger partial charge in [0.05, 0.1) is 39.2 Å². The molecule has 0 unspecified atom stereocenters. The van der Waals surface area contributed by atoms with Crippen molar-refractivity contribution in [3.05, 3.63) is 110 Å². The zero-order chi connectivity index (χ0) is 25.4. The van der Waals surface area contributed by atoms with E-state index in [9.17, 15) is 10.1 Å². The van der Waals surface area contributed by atoms with Gasteiger partial charge in [-0.1, -0.05) is 66.2 Å². The number of aromatic nitrogens is 1. The summed E-state index contributed by atoms with van der Waals surface area (Å²) in [5, 5.41) is 21.0. The molecule has 0 N–H and O–H groups in total. The molecule has 0 bridgehead atoms. The first-order chi connectivity index (χ1) is 18.1. The van der Waals surface area contributed by atoms with Crippen LogP contribution in [-0.4, -0.2) is 22.6 Å². The molecule has 2 heterocycles. The molecule has 1 aliphatic rings. The topological polar surface area (TPSA) is 91.2 Å². The molecule has 5 aromatic rings. The van der Waals surface area contributed by atoms with Crippen molar-refractivity contribution in [2.75, 3.05) is 6.79 Å². The molecule has 6 rings (SSSR count). The minimum absolute atomic E-state index is 0.0124. The van der Waals surface area contributed by atoms with Crippen molar-refractivity contribution < 1.29 is 14.4 Å². The fraction of sp³-hybridized carbons (Fsp3) is 0.0370. The van der Waals surface area contributed by atoms with Gasteiger partial charge in [0, 0.05) is 10.9 Å². The number of hydrogen-bond donors (Lipinski definition) is 0. The highest BCUT2D eigenvalue weighted by Crippen LogP contribution is 2.37. The lowest BCUT2D eigenvalue weighted by Gasteiger charge is -2.08. The summed E-state index contributed by atoms with van der Waals surface area (Å²) in [6.45, 7) is 0.0124. The number of nitro groups is 1.